The summed E-state index contributed by atoms with van der Waals surface area (Å²) in [6, 6.07) is 1.07. The van der Waals surface area contributed by atoms with Crippen molar-refractivity contribution in [2.75, 3.05) is 7.11 Å². The minimum absolute atomic E-state index is 0.111. The number of methoxy groups -OCH3 is 1. The molecular weight excluding hydrogens is 208 g/mol. The van der Waals surface area contributed by atoms with Crippen LogP contribution in [-0.4, -0.2) is 23.2 Å². The molecule has 82 valence electrons. The maximum atomic E-state index is 12.2. The Labute approximate surface area is 84.5 Å². The van der Waals surface area contributed by atoms with Crippen molar-refractivity contribution in [2.24, 2.45) is 0 Å². The number of ether oxygens (including phenoxy) is 1. The predicted octanol–water partition coefficient (Wildman–Crippen LogP) is 1.44. The summed E-state index contributed by atoms with van der Waals surface area (Å²) in [5.41, 5.74) is -0.368. The first kappa shape index (κ1) is 11.4. The first-order valence-corrected chi connectivity index (χ1v) is 4.07. The number of aromatic nitrogens is 1. The third kappa shape index (κ3) is 2.87. The second-order valence-corrected chi connectivity index (χ2v) is 2.80. The third-order valence-electron chi connectivity index (χ3n) is 1.74. The predicted molar refractivity (Wildman–Crippen MR) is 46.6 cm³/mol. The molecule has 0 fully saturated rings. The van der Waals surface area contributed by atoms with Crippen molar-refractivity contribution >= 4 is 5.97 Å². The van der Waals surface area contributed by atoms with Crippen LogP contribution in [0.5, 0.6) is 5.75 Å². The lowest BCUT2D eigenvalue weighted by molar-refractivity contribution is -0.139. The quantitative estimate of drug-likeness (QED) is 0.778. The van der Waals surface area contributed by atoms with Gasteiger partial charge in [-0.25, -0.2) is 8.78 Å². The molecule has 0 saturated heterocycles. The maximum absolute atomic E-state index is 12.2. The lowest BCUT2D eigenvalue weighted by Gasteiger charge is -2.04. The number of aromatic hydroxyl groups is 1. The van der Waals surface area contributed by atoms with Gasteiger partial charge in [0.15, 0.2) is 0 Å². The van der Waals surface area contributed by atoms with E-state index >= 15 is 0 Å². The molecule has 4 nitrogen and oxygen atoms in total. The Kier molecular flexibility index (Phi) is 3.54. The Morgan fingerprint density at radius 2 is 2.33 bits per heavy atom. The number of esters is 1. The fourth-order valence-electron chi connectivity index (χ4n) is 1.01. The average molecular weight is 217 g/mol. The van der Waals surface area contributed by atoms with Crippen LogP contribution >= 0.6 is 0 Å². The second kappa shape index (κ2) is 4.68. The van der Waals surface area contributed by atoms with Crippen molar-refractivity contribution in [1.29, 1.82) is 0 Å². The van der Waals surface area contributed by atoms with Crippen LogP contribution in [-0.2, 0) is 16.0 Å². The molecule has 6 heteroatoms. The van der Waals surface area contributed by atoms with Gasteiger partial charge in [0, 0.05) is 6.20 Å². The van der Waals surface area contributed by atoms with Crippen molar-refractivity contribution < 1.29 is 23.4 Å². The van der Waals surface area contributed by atoms with Crippen LogP contribution in [0.4, 0.5) is 8.78 Å². The molecule has 1 heterocycles. The van der Waals surface area contributed by atoms with Crippen molar-refractivity contribution in [1.82, 2.24) is 4.98 Å². The van der Waals surface area contributed by atoms with Crippen molar-refractivity contribution in [3.8, 4) is 5.75 Å². The molecule has 0 aromatic carbocycles. The number of pyridine rings is 1. The van der Waals surface area contributed by atoms with Gasteiger partial charge in [-0.15, -0.1) is 0 Å². The summed E-state index contributed by atoms with van der Waals surface area (Å²) in [5.74, 6) is -1.15. The molecule has 1 rings (SSSR count). The van der Waals surface area contributed by atoms with Gasteiger partial charge in [-0.05, 0) is 11.6 Å². The van der Waals surface area contributed by atoms with Crippen molar-refractivity contribution in [3.05, 3.63) is 23.5 Å². The summed E-state index contributed by atoms with van der Waals surface area (Å²) < 4.78 is 28.7. The summed E-state index contributed by atoms with van der Waals surface area (Å²) in [5, 5.41) is 9.15. The fourth-order valence-corrected chi connectivity index (χ4v) is 1.01. The largest absolute Gasteiger partial charge is 0.506 e. The zero-order valence-corrected chi connectivity index (χ0v) is 7.91. The number of hydrogen-bond donors (Lipinski definition) is 1. The second-order valence-electron chi connectivity index (χ2n) is 2.80. The monoisotopic (exact) mass is 217 g/mol. The molecule has 0 saturated carbocycles. The Morgan fingerprint density at radius 3 is 2.80 bits per heavy atom. The zero-order valence-electron chi connectivity index (χ0n) is 7.91. The SMILES string of the molecule is COC(=O)Cc1cnc(C(F)F)c(O)c1. The summed E-state index contributed by atoms with van der Waals surface area (Å²) in [4.78, 5) is 14.2. The van der Waals surface area contributed by atoms with Crippen LogP contribution in [0.15, 0.2) is 12.3 Å². The lowest BCUT2D eigenvalue weighted by Crippen LogP contribution is -2.05. The minimum atomic E-state index is -2.84. The normalized spacial score (nSPS) is 10.4. The van der Waals surface area contributed by atoms with E-state index in [-0.39, 0.29) is 6.42 Å². The fraction of sp³-hybridized carbons (Fsp3) is 0.333. The molecule has 0 unspecified atom stereocenters. The van der Waals surface area contributed by atoms with E-state index in [1.807, 2.05) is 0 Å². The van der Waals surface area contributed by atoms with Gasteiger partial charge in [-0.3, -0.25) is 9.78 Å². The molecule has 1 N–H and O–H groups in total. The van der Waals surface area contributed by atoms with Gasteiger partial charge < -0.3 is 9.84 Å². The highest BCUT2D eigenvalue weighted by atomic mass is 19.3. The number of carbonyl (C=O) groups is 1. The molecule has 0 atom stereocenters. The van der Waals surface area contributed by atoms with E-state index in [2.05, 4.69) is 9.72 Å². The Bertz CT molecular complexity index is 368. The highest BCUT2D eigenvalue weighted by Crippen LogP contribution is 2.26. The number of hydrogen-bond acceptors (Lipinski definition) is 4. The van der Waals surface area contributed by atoms with Gasteiger partial charge in [-0.2, -0.15) is 0 Å². The van der Waals surface area contributed by atoms with Crippen molar-refractivity contribution in [2.45, 2.75) is 12.8 Å². The van der Waals surface area contributed by atoms with Crippen LogP contribution in [0, 0.1) is 0 Å². The van der Waals surface area contributed by atoms with Crippen LogP contribution in [0.3, 0.4) is 0 Å². The van der Waals surface area contributed by atoms with E-state index in [4.69, 9.17) is 5.11 Å². The number of carbonyl (C=O) groups excluding carboxylic acids is 1. The topological polar surface area (TPSA) is 59.4 Å². The van der Waals surface area contributed by atoms with Gasteiger partial charge in [0.2, 0.25) is 0 Å². The average Bonchev–Trinajstić information content (AvgIpc) is 2.17. The number of alkyl halides is 2. The molecular formula is C9H9F2NO3. The number of halogens is 2. The molecule has 0 bridgehead atoms. The summed E-state index contributed by atoms with van der Waals surface area (Å²) in [6.45, 7) is 0. The van der Waals surface area contributed by atoms with Gasteiger partial charge in [0.1, 0.15) is 11.4 Å². The highest BCUT2D eigenvalue weighted by Gasteiger charge is 2.15. The molecule has 1 aromatic rings. The highest BCUT2D eigenvalue weighted by molar-refractivity contribution is 5.72. The Balaban J connectivity index is 2.87. The van der Waals surface area contributed by atoms with E-state index in [1.54, 1.807) is 0 Å². The molecule has 0 amide bonds. The minimum Gasteiger partial charge on any atom is -0.506 e. The zero-order chi connectivity index (χ0) is 11.4. The first-order chi connectivity index (χ1) is 7.04. The molecule has 0 radical (unpaired) electrons. The molecule has 0 aliphatic heterocycles. The van der Waals surface area contributed by atoms with Gasteiger partial charge >= 0.3 is 5.97 Å². The third-order valence-corrected chi connectivity index (χ3v) is 1.74. The summed E-state index contributed by atoms with van der Waals surface area (Å²) >= 11 is 0. The van der Waals surface area contributed by atoms with Gasteiger partial charge in [0.05, 0.1) is 13.5 Å². The van der Waals surface area contributed by atoms with Crippen LogP contribution in [0.1, 0.15) is 17.7 Å². The van der Waals surface area contributed by atoms with Crippen LogP contribution in [0.25, 0.3) is 0 Å². The van der Waals surface area contributed by atoms with E-state index in [1.165, 1.54) is 7.11 Å². The lowest BCUT2D eigenvalue weighted by atomic mass is 10.2. The van der Waals surface area contributed by atoms with Gasteiger partial charge in [0.25, 0.3) is 6.43 Å². The Hall–Kier alpha value is -1.72. The van der Waals surface area contributed by atoms with E-state index in [9.17, 15) is 13.6 Å². The van der Waals surface area contributed by atoms with E-state index in [0.717, 1.165) is 12.3 Å². The molecule has 0 aliphatic rings. The molecule has 0 spiro atoms. The van der Waals surface area contributed by atoms with Crippen LogP contribution < -0.4 is 0 Å². The van der Waals surface area contributed by atoms with Gasteiger partial charge in [-0.1, -0.05) is 0 Å². The molecule has 1 aromatic heterocycles. The van der Waals surface area contributed by atoms with Crippen molar-refractivity contribution in [3.63, 3.8) is 0 Å². The molecule has 0 aliphatic carbocycles. The Morgan fingerprint density at radius 1 is 1.67 bits per heavy atom. The van der Waals surface area contributed by atoms with E-state index in [0.29, 0.717) is 5.56 Å². The summed E-state index contributed by atoms with van der Waals surface area (Å²) in [7, 11) is 1.21. The number of rotatable bonds is 3. The molecule has 15 heavy (non-hydrogen) atoms. The smallest absolute Gasteiger partial charge is 0.310 e. The first-order valence-electron chi connectivity index (χ1n) is 4.07. The standard InChI is InChI=1S/C9H9F2NO3/c1-15-7(14)3-5-2-6(13)8(9(10)11)12-4-5/h2,4,9,13H,3H2,1H3. The summed E-state index contributed by atoms with van der Waals surface area (Å²) in [6.07, 6.45) is -1.84. The number of nitrogens with zero attached hydrogens (tertiary/aromatic N) is 1. The maximum Gasteiger partial charge on any atom is 0.310 e. The van der Waals surface area contributed by atoms with E-state index < -0.39 is 23.8 Å². The van der Waals surface area contributed by atoms with Crippen LogP contribution in [0.2, 0.25) is 0 Å².